The average molecular weight is 251 g/mol. The van der Waals surface area contributed by atoms with Crippen molar-refractivity contribution in [3.63, 3.8) is 0 Å². The monoisotopic (exact) mass is 251 g/mol. The van der Waals surface area contributed by atoms with Gasteiger partial charge in [0.2, 0.25) is 0 Å². The molecule has 0 aliphatic heterocycles. The van der Waals surface area contributed by atoms with Gasteiger partial charge in [-0.1, -0.05) is 6.92 Å². The summed E-state index contributed by atoms with van der Waals surface area (Å²) >= 11 is 0. The zero-order valence-electron chi connectivity index (χ0n) is 9.99. The van der Waals surface area contributed by atoms with Gasteiger partial charge in [0, 0.05) is 5.75 Å². The van der Waals surface area contributed by atoms with Crippen LogP contribution in [0.15, 0.2) is 0 Å². The van der Waals surface area contributed by atoms with Crippen molar-refractivity contribution in [2.45, 2.75) is 40.0 Å². The average Bonchev–Trinajstić information content (AvgIpc) is 2.15. The Labute approximate surface area is 96.9 Å². The second kappa shape index (κ2) is 6.20. The predicted octanol–water partition coefficient (Wildman–Crippen LogP) is 1.29. The first-order valence-corrected chi connectivity index (χ1v) is 6.87. The minimum atomic E-state index is -4.15. The maximum Gasteiger partial charge on any atom is 0.311 e. The largest absolute Gasteiger partial charge is 0.748 e. The topological polar surface area (TPSA) is 83.5 Å². The maximum absolute atomic E-state index is 11.5. The van der Waals surface area contributed by atoms with Gasteiger partial charge >= 0.3 is 5.97 Å². The third-order valence-corrected chi connectivity index (χ3v) is 3.25. The molecule has 16 heavy (non-hydrogen) atoms. The summed E-state index contributed by atoms with van der Waals surface area (Å²) in [6.45, 7) is 5.64. The molecule has 6 heteroatoms. The van der Waals surface area contributed by atoms with Crippen molar-refractivity contribution in [2.75, 3.05) is 12.4 Å². The van der Waals surface area contributed by atoms with E-state index in [1.807, 2.05) is 6.92 Å². The molecule has 0 spiro atoms. The summed E-state index contributed by atoms with van der Waals surface area (Å²) in [6.07, 6.45) is 1.31. The van der Waals surface area contributed by atoms with E-state index in [0.29, 0.717) is 12.8 Å². The van der Waals surface area contributed by atoms with Gasteiger partial charge in [-0.3, -0.25) is 4.79 Å². The highest BCUT2D eigenvalue weighted by Gasteiger charge is 2.26. The van der Waals surface area contributed by atoms with Crippen molar-refractivity contribution in [3.05, 3.63) is 0 Å². The Morgan fingerprint density at radius 2 is 1.88 bits per heavy atom. The van der Waals surface area contributed by atoms with E-state index >= 15 is 0 Å². The molecule has 0 aromatic heterocycles. The predicted molar refractivity (Wildman–Crippen MR) is 58.8 cm³/mol. The molecule has 0 radical (unpaired) electrons. The lowest BCUT2D eigenvalue weighted by Crippen LogP contribution is -2.26. The molecule has 5 nitrogen and oxygen atoms in total. The Morgan fingerprint density at radius 3 is 2.31 bits per heavy atom. The number of rotatable bonds is 7. The Morgan fingerprint density at radius 1 is 1.31 bits per heavy atom. The molecule has 0 fully saturated rings. The Bertz CT molecular complexity index is 318. The molecule has 0 N–H and O–H groups in total. The standard InChI is InChI=1S/C10H20O5S/c1-4-10(2,3)9(11)15-7-5-6-8-16(12,13)14/h4-8H2,1-3H3,(H,12,13,14)/p-1. The van der Waals surface area contributed by atoms with Gasteiger partial charge in [0.05, 0.1) is 22.1 Å². The second-order valence-electron chi connectivity index (χ2n) is 4.34. The van der Waals surface area contributed by atoms with Crippen LogP contribution in [-0.2, 0) is 19.6 Å². The third kappa shape index (κ3) is 6.79. The highest BCUT2D eigenvalue weighted by Crippen LogP contribution is 2.21. The highest BCUT2D eigenvalue weighted by atomic mass is 32.2. The molecule has 0 unspecified atom stereocenters. The Hall–Kier alpha value is -0.620. The Balaban J connectivity index is 3.72. The van der Waals surface area contributed by atoms with E-state index in [1.54, 1.807) is 13.8 Å². The molecule has 0 saturated heterocycles. The van der Waals surface area contributed by atoms with E-state index in [4.69, 9.17) is 4.74 Å². The van der Waals surface area contributed by atoms with Gasteiger partial charge < -0.3 is 9.29 Å². The van der Waals surface area contributed by atoms with E-state index in [1.165, 1.54) is 0 Å². The number of hydrogen-bond donors (Lipinski definition) is 0. The lowest BCUT2D eigenvalue weighted by atomic mass is 9.91. The number of esters is 1. The van der Waals surface area contributed by atoms with Crippen molar-refractivity contribution >= 4 is 16.1 Å². The van der Waals surface area contributed by atoms with Gasteiger partial charge in [-0.05, 0) is 33.1 Å². The quantitative estimate of drug-likeness (QED) is 0.387. The fraction of sp³-hybridized carbons (Fsp3) is 0.900. The summed E-state index contributed by atoms with van der Waals surface area (Å²) in [5.74, 6) is -0.693. The van der Waals surface area contributed by atoms with Crippen LogP contribution < -0.4 is 0 Å². The molecular weight excluding hydrogens is 232 g/mol. The SMILES string of the molecule is CCC(C)(C)C(=O)OCCCCS(=O)(=O)[O-]. The van der Waals surface area contributed by atoms with Crippen LogP contribution in [0.4, 0.5) is 0 Å². The number of carbonyl (C=O) groups is 1. The van der Waals surface area contributed by atoms with Gasteiger partial charge in [-0.2, -0.15) is 0 Å². The van der Waals surface area contributed by atoms with Crippen LogP contribution in [0.1, 0.15) is 40.0 Å². The third-order valence-electron chi connectivity index (χ3n) is 2.46. The molecule has 0 rings (SSSR count). The molecule has 0 atom stereocenters. The lowest BCUT2D eigenvalue weighted by Gasteiger charge is -2.20. The summed E-state index contributed by atoms with van der Waals surface area (Å²) in [4.78, 5) is 11.5. The number of carbonyl (C=O) groups excluding carboxylic acids is 1. The second-order valence-corrected chi connectivity index (χ2v) is 5.87. The number of unbranched alkanes of at least 4 members (excludes halogenated alkanes) is 1. The van der Waals surface area contributed by atoms with Crippen LogP contribution in [0.5, 0.6) is 0 Å². The smallest absolute Gasteiger partial charge is 0.311 e. The molecule has 0 heterocycles. The van der Waals surface area contributed by atoms with Crippen molar-refractivity contribution in [1.82, 2.24) is 0 Å². The summed E-state index contributed by atoms with van der Waals surface area (Å²) in [5.41, 5.74) is -0.509. The number of hydrogen-bond acceptors (Lipinski definition) is 5. The van der Waals surface area contributed by atoms with Crippen LogP contribution >= 0.6 is 0 Å². The molecular formula is C10H19O5S-. The van der Waals surface area contributed by atoms with Crippen LogP contribution in [0.3, 0.4) is 0 Å². The number of ether oxygens (including phenoxy) is 1. The van der Waals surface area contributed by atoms with Crippen molar-refractivity contribution in [2.24, 2.45) is 5.41 Å². The molecule has 0 aliphatic rings. The van der Waals surface area contributed by atoms with Gasteiger partial charge in [-0.25, -0.2) is 8.42 Å². The van der Waals surface area contributed by atoms with E-state index in [9.17, 15) is 17.8 Å². The zero-order chi connectivity index (χ0) is 12.8. The van der Waals surface area contributed by atoms with E-state index < -0.39 is 21.3 Å². The fourth-order valence-corrected chi connectivity index (χ4v) is 1.44. The first-order valence-electron chi connectivity index (χ1n) is 5.30. The van der Waals surface area contributed by atoms with Crippen LogP contribution in [-0.4, -0.2) is 31.3 Å². The first-order chi connectivity index (χ1) is 7.19. The molecule has 0 aromatic carbocycles. The van der Waals surface area contributed by atoms with E-state index in [0.717, 1.165) is 0 Å². The van der Waals surface area contributed by atoms with Crippen LogP contribution in [0, 0.1) is 5.41 Å². The van der Waals surface area contributed by atoms with Crippen molar-refractivity contribution in [3.8, 4) is 0 Å². The van der Waals surface area contributed by atoms with Gasteiger partial charge in [-0.15, -0.1) is 0 Å². The highest BCUT2D eigenvalue weighted by molar-refractivity contribution is 7.85. The summed E-state index contributed by atoms with van der Waals surface area (Å²) in [6, 6.07) is 0. The molecule has 0 bridgehead atoms. The van der Waals surface area contributed by atoms with Gasteiger partial charge in [0.15, 0.2) is 0 Å². The molecule has 0 saturated carbocycles. The van der Waals surface area contributed by atoms with E-state index in [-0.39, 0.29) is 19.0 Å². The van der Waals surface area contributed by atoms with Crippen molar-refractivity contribution < 1.29 is 22.5 Å². The Kier molecular flexibility index (Phi) is 5.96. The minimum Gasteiger partial charge on any atom is -0.748 e. The normalized spacial score (nSPS) is 12.5. The maximum atomic E-state index is 11.5. The molecule has 0 aliphatic carbocycles. The first kappa shape index (κ1) is 15.4. The minimum absolute atomic E-state index is 0.164. The molecule has 0 aromatic rings. The zero-order valence-corrected chi connectivity index (χ0v) is 10.8. The molecule has 96 valence electrons. The fourth-order valence-electron chi connectivity index (χ4n) is 0.885. The molecule has 0 amide bonds. The van der Waals surface area contributed by atoms with E-state index in [2.05, 4.69) is 0 Å². The van der Waals surface area contributed by atoms with Crippen LogP contribution in [0.25, 0.3) is 0 Å². The van der Waals surface area contributed by atoms with Crippen LogP contribution in [0.2, 0.25) is 0 Å². The summed E-state index contributed by atoms with van der Waals surface area (Å²) < 4.78 is 35.8. The summed E-state index contributed by atoms with van der Waals surface area (Å²) in [5, 5.41) is 0. The van der Waals surface area contributed by atoms with Crippen molar-refractivity contribution in [1.29, 1.82) is 0 Å². The van der Waals surface area contributed by atoms with Gasteiger partial charge in [0.1, 0.15) is 0 Å². The van der Waals surface area contributed by atoms with Gasteiger partial charge in [0.25, 0.3) is 0 Å². The lowest BCUT2D eigenvalue weighted by molar-refractivity contribution is -0.154. The summed E-state index contributed by atoms with van der Waals surface area (Å²) in [7, 11) is -4.15.